The van der Waals surface area contributed by atoms with Crippen LogP contribution >= 0.6 is 11.6 Å². The van der Waals surface area contributed by atoms with Crippen LogP contribution in [0.15, 0.2) is 36.4 Å². The van der Waals surface area contributed by atoms with Crippen LogP contribution in [0.2, 0.25) is 5.15 Å². The van der Waals surface area contributed by atoms with Crippen molar-refractivity contribution in [3.8, 4) is 5.75 Å². The molecule has 0 saturated carbocycles. The number of benzene rings is 1. The monoisotopic (exact) mass is 250 g/mol. The summed E-state index contributed by atoms with van der Waals surface area (Å²) < 4.78 is 7.39. The number of hydrogen-bond donors (Lipinski definition) is 0. The predicted octanol–water partition coefficient (Wildman–Crippen LogP) is 3.31. The second-order valence-corrected chi connectivity index (χ2v) is 4.23. The summed E-state index contributed by atoms with van der Waals surface area (Å²) in [6, 6.07) is 11.7. The minimum absolute atomic E-state index is 0.666. The van der Waals surface area contributed by atoms with Gasteiger partial charge in [0.15, 0.2) is 0 Å². The zero-order valence-electron chi connectivity index (χ0n) is 9.77. The Morgan fingerprint density at radius 1 is 1.29 bits per heavy atom. The second kappa shape index (κ2) is 5.73. The molecule has 0 bridgehead atoms. The van der Waals surface area contributed by atoms with Crippen LogP contribution in [-0.4, -0.2) is 16.4 Å². The number of aryl methyl sites for hydroxylation is 2. The lowest BCUT2D eigenvalue weighted by molar-refractivity contribution is 0.298. The van der Waals surface area contributed by atoms with Gasteiger partial charge in [0.1, 0.15) is 10.9 Å². The molecule has 0 amide bonds. The first-order valence-electron chi connectivity index (χ1n) is 5.63. The van der Waals surface area contributed by atoms with E-state index in [0.717, 1.165) is 24.4 Å². The van der Waals surface area contributed by atoms with E-state index < -0.39 is 0 Å². The quantitative estimate of drug-likeness (QED) is 0.762. The van der Waals surface area contributed by atoms with Gasteiger partial charge in [-0.2, -0.15) is 5.10 Å². The van der Waals surface area contributed by atoms with Gasteiger partial charge in [0.05, 0.1) is 12.3 Å². The Morgan fingerprint density at radius 3 is 2.71 bits per heavy atom. The first kappa shape index (κ1) is 12.0. The second-order valence-electron chi connectivity index (χ2n) is 3.85. The van der Waals surface area contributed by atoms with Gasteiger partial charge in [-0.15, -0.1) is 0 Å². The summed E-state index contributed by atoms with van der Waals surface area (Å²) in [5.74, 6) is 0.898. The Morgan fingerprint density at radius 2 is 2.06 bits per heavy atom. The predicted molar refractivity (Wildman–Crippen MR) is 68.5 cm³/mol. The minimum atomic E-state index is 0.666. The van der Waals surface area contributed by atoms with Gasteiger partial charge in [-0.25, -0.2) is 0 Å². The van der Waals surface area contributed by atoms with Crippen molar-refractivity contribution >= 4 is 11.6 Å². The molecular formula is C13H15ClN2O. The van der Waals surface area contributed by atoms with E-state index in [1.54, 1.807) is 4.68 Å². The van der Waals surface area contributed by atoms with E-state index >= 15 is 0 Å². The summed E-state index contributed by atoms with van der Waals surface area (Å²) in [6.45, 7) is 3.38. The molecule has 4 heteroatoms. The summed E-state index contributed by atoms with van der Waals surface area (Å²) >= 11 is 6.00. The van der Waals surface area contributed by atoms with Crippen LogP contribution in [0.4, 0.5) is 0 Å². The molecule has 17 heavy (non-hydrogen) atoms. The van der Waals surface area contributed by atoms with Crippen LogP contribution in [0, 0.1) is 6.92 Å². The third-order valence-electron chi connectivity index (χ3n) is 2.38. The smallest absolute Gasteiger partial charge is 0.127 e. The molecule has 1 aromatic carbocycles. The molecular weight excluding hydrogens is 236 g/mol. The van der Waals surface area contributed by atoms with Gasteiger partial charge in [0.2, 0.25) is 0 Å². The van der Waals surface area contributed by atoms with Crippen molar-refractivity contribution in [2.24, 2.45) is 0 Å². The fourth-order valence-electron chi connectivity index (χ4n) is 1.59. The van der Waals surface area contributed by atoms with Crippen molar-refractivity contribution in [3.63, 3.8) is 0 Å². The maximum Gasteiger partial charge on any atom is 0.127 e. The summed E-state index contributed by atoms with van der Waals surface area (Å²) in [6.07, 6.45) is 0.885. The molecule has 0 fully saturated rings. The van der Waals surface area contributed by atoms with E-state index in [2.05, 4.69) is 5.10 Å². The van der Waals surface area contributed by atoms with Crippen molar-refractivity contribution in [1.82, 2.24) is 9.78 Å². The first-order chi connectivity index (χ1) is 8.25. The van der Waals surface area contributed by atoms with Gasteiger partial charge in [0, 0.05) is 13.0 Å². The molecule has 0 atom stereocenters. The number of aromatic nitrogens is 2. The highest BCUT2D eigenvalue weighted by atomic mass is 35.5. The molecule has 1 heterocycles. The summed E-state index contributed by atoms with van der Waals surface area (Å²) in [4.78, 5) is 0. The molecule has 0 aliphatic heterocycles. The number of ether oxygens (including phenoxy) is 1. The van der Waals surface area contributed by atoms with Crippen molar-refractivity contribution in [2.75, 3.05) is 6.61 Å². The Hall–Kier alpha value is -1.48. The molecule has 2 rings (SSSR count). The van der Waals surface area contributed by atoms with Crippen molar-refractivity contribution < 1.29 is 4.74 Å². The van der Waals surface area contributed by atoms with Crippen LogP contribution < -0.4 is 4.74 Å². The number of para-hydroxylation sites is 1. The highest BCUT2D eigenvalue weighted by molar-refractivity contribution is 6.29. The maximum atomic E-state index is 6.00. The average molecular weight is 251 g/mol. The molecule has 0 saturated heterocycles. The molecule has 0 N–H and O–H groups in total. The van der Waals surface area contributed by atoms with Gasteiger partial charge < -0.3 is 4.74 Å². The van der Waals surface area contributed by atoms with Gasteiger partial charge >= 0.3 is 0 Å². The Kier molecular flexibility index (Phi) is 4.04. The Labute approximate surface area is 106 Å². The summed E-state index contributed by atoms with van der Waals surface area (Å²) in [5, 5.41) is 4.97. The van der Waals surface area contributed by atoms with Crippen LogP contribution in [-0.2, 0) is 6.54 Å². The van der Waals surface area contributed by atoms with Crippen molar-refractivity contribution in [3.05, 3.63) is 47.2 Å². The molecule has 1 aromatic heterocycles. The molecule has 0 aliphatic rings. The number of hydrogen-bond acceptors (Lipinski definition) is 2. The van der Waals surface area contributed by atoms with E-state index in [-0.39, 0.29) is 0 Å². The van der Waals surface area contributed by atoms with E-state index in [4.69, 9.17) is 16.3 Å². The van der Waals surface area contributed by atoms with Gasteiger partial charge in [-0.3, -0.25) is 4.68 Å². The number of nitrogens with zero attached hydrogens (tertiary/aromatic N) is 2. The largest absolute Gasteiger partial charge is 0.494 e. The zero-order valence-corrected chi connectivity index (χ0v) is 10.5. The molecule has 0 unspecified atom stereocenters. The third kappa shape index (κ3) is 3.49. The summed E-state index contributed by atoms with van der Waals surface area (Å²) in [5.41, 5.74) is 0.943. The third-order valence-corrected chi connectivity index (χ3v) is 2.68. The standard InChI is InChI=1S/C13H15ClN2O/c1-11-10-13(14)16(15-11)8-5-9-17-12-6-3-2-4-7-12/h2-4,6-7,10H,5,8-9H2,1H3. The van der Waals surface area contributed by atoms with E-state index in [0.29, 0.717) is 11.8 Å². The zero-order chi connectivity index (χ0) is 12.1. The van der Waals surface area contributed by atoms with E-state index in [9.17, 15) is 0 Å². The number of halogens is 1. The Bertz CT molecular complexity index is 468. The van der Waals surface area contributed by atoms with Crippen molar-refractivity contribution in [1.29, 1.82) is 0 Å². The lowest BCUT2D eigenvalue weighted by atomic mass is 10.3. The highest BCUT2D eigenvalue weighted by Gasteiger charge is 2.01. The summed E-state index contributed by atoms with van der Waals surface area (Å²) in [7, 11) is 0. The molecule has 0 aliphatic carbocycles. The van der Waals surface area contributed by atoms with Gasteiger partial charge in [-0.1, -0.05) is 29.8 Å². The van der Waals surface area contributed by atoms with Gasteiger partial charge in [-0.05, 0) is 25.1 Å². The maximum absolute atomic E-state index is 6.00. The molecule has 3 nitrogen and oxygen atoms in total. The van der Waals surface area contributed by atoms with E-state index in [1.807, 2.05) is 43.3 Å². The fourth-order valence-corrected chi connectivity index (χ4v) is 1.87. The van der Waals surface area contributed by atoms with Crippen LogP contribution in [0.25, 0.3) is 0 Å². The SMILES string of the molecule is Cc1cc(Cl)n(CCCOc2ccccc2)n1. The first-order valence-corrected chi connectivity index (χ1v) is 6.01. The lowest BCUT2D eigenvalue weighted by Gasteiger charge is -2.06. The van der Waals surface area contributed by atoms with Crippen LogP contribution in [0.5, 0.6) is 5.75 Å². The molecule has 2 aromatic rings. The molecule has 90 valence electrons. The lowest BCUT2D eigenvalue weighted by Crippen LogP contribution is -2.06. The Balaban J connectivity index is 1.75. The van der Waals surface area contributed by atoms with Crippen LogP contribution in [0.3, 0.4) is 0 Å². The fraction of sp³-hybridized carbons (Fsp3) is 0.308. The van der Waals surface area contributed by atoms with Crippen molar-refractivity contribution in [2.45, 2.75) is 19.9 Å². The minimum Gasteiger partial charge on any atom is -0.494 e. The highest BCUT2D eigenvalue weighted by Crippen LogP contribution is 2.12. The van der Waals surface area contributed by atoms with E-state index in [1.165, 1.54) is 0 Å². The normalized spacial score (nSPS) is 10.5. The number of rotatable bonds is 5. The van der Waals surface area contributed by atoms with Crippen LogP contribution in [0.1, 0.15) is 12.1 Å². The molecule has 0 spiro atoms. The topological polar surface area (TPSA) is 27.1 Å². The molecule has 0 radical (unpaired) electrons. The van der Waals surface area contributed by atoms with Gasteiger partial charge in [0.25, 0.3) is 0 Å². The average Bonchev–Trinajstić information content (AvgIpc) is 2.65.